The largest absolute Gasteiger partial charge is 0.487 e. The minimum absolute atomic E-state index is 0.00277. The van der Waals surface area contributed by atoms with Crippen LogP contribution in [-0.4, -0.2) is 159 Å². The smallest absolute Gasteiger partial charge is 0.407 e. The van der Waals surface area contributed by atoms with Crippen molar-refractivity contribution in [1.82, 2.24) is 29.2 Å². The first-order valence-electron chi connectivity index (χ1n) is 42.4. The van der Waals surface area contributed by atoms with Crippen LogP contribution in [0.5, 0.6) is 11.5 Å². The minimum atomic E-state index is -5.43. The van der Waals surface area contributed by atoms with E-state index in [-0.39, 0.29) is 81.8 Å². The van der Waals surface area contributed by atoms with E-state index in [0.29, 0.717) is 25.3 Å². The second-order valence-electron chi connectivity index (χ2n) is 22.0. The van der Waals surface area contributed by atoms with Gasteiger partial charge >= 0.3 is 12.2 Å². The number of carbonyl (C=O) groups is 2. The zero-order valence-corrected chi connectivity index (χ0v) is 54.1. The number of rotatable bonds is 28. The normalized spacial score (nSPS) is 28.4. The van der Waals surface area contributed by atoms with Gasteiger partial charge in [0.2, 0.25) is 20.0 Å². The van der Waals surface area contributed by atoms with Crippen LogP contribution >= 0.6 is 22.7 Å². The summed E-state index contributed by atoms with van der Waals surface area (Å²) in [7, 11) is -10.4. The van der Waals surface area contributed by atoms with Gasteiger partial charge in [0.05, 0.1) is 120 Å². The fourth-order valence-corrected chi connectivity index (χ4v) is 14.2. The van der Waals surface area contributed by atoms with Crippen molar-refractivity contribution in [2.75, 3.05) is 52.5 Å². The molecule has 0 bridgehead atoms. The van der Waals surface area contributed by atoms with Crippen molar-refractivity contribution in [3.8, 4) is 11.5 Å². The highest BCUT2D eigenvalue weighted by molar-refractivity contribution is 7.89. The lowest BCUT2D eigenvalue weighted by molar-refractivity contribution is -0.0909. The van der Waals surface area contributed by atoms with Crippen LogP contribution in [0.15, 0.2) is 139 Å². The van der Waals surface area contributed by atoms with Crippen molar-refractivity contribution in [1.29, 1.82) is 0 Å². The number of furan rings is 2. The molecule has 0 aliphatic carbocycles. The summed E-state index contributed by atoms with van der Waals surface area (Å²) in [4.78, 5) is 34.3. The Morgan fingerprint density at radius 3 is 1.53 bits per heavy atom. The number of nitrogens with zero attached hydrogens (tertiary/aromatic N) is 4. The Morgan fingerprint density at radius 2 is 1.09 bits per heavy atom. The lowest BCUT2D eigenvalue weighted by Crippen LogP contribution is -2.51. The number of benzene rings is 4. The summed E-state index contributed by atoms with van der Waals surface area (Å²) in [5.74, 6) is -9.74. The lowest BCUT2D eigenvalue weighted by Gasteiger charge is -2.31. The molecule has 4 aliphatic heterocycles. The molecular formula is C68H82N6O18S4. The third kappa shape index (κ3) is 18.0. The van der Waals surface area contributed by atoms with Crippen molar-refractivity contribution in [2.24, 2.45) is 23.6 Å². The van der Waals surface area contributed by atoms with Gasteiger partial charge in [0.1, 0.15) is 47.9 Å². The topological polar surface area (TPSA) is 299 Å². The molecule has 0 radical (unpaired) electrons. The van der Waals surface area contributed by atoms with E-state index >= 15 is 0 Å². The summed E-state index contributed by atoms with van der Waals surface area (Å²) in [5.41, 5.74) is 1.06. The average Bonchev–Trinajstić information content (AvgIpc) is 1.14. The van der Waals surface area contributed by atoms with Crippen molar-refractivity contribution in [3.63, 3.8) is 0 Å². The Morgan fingerprint density at radius 1 is 0.646 bits per heavy atom. The number of aromatic nitrogens is 2. The molecule has 0 unspecified atom stereocenters. The van der Waals surface area contributed by atoms with Crippen LogP contribution in [0.3, 0.4) is 0 Å². The van der Waals surface area contributed by atoms with E-state index in [1.807, 2.05) is 0 Å². The maximum Gasteiger partial charge on any atom is 0.407 e. The minimum Gasteiger partial charge on any atom is -0.487 e. The number of carbonyl (C=O) groups excluding carboxylic acids is 2. The fraction of sp³-hybridized carbons (Fsp3) is 0.471. The molecule has 8 aromatic rings. The number of aliphatic hydroxyl groups is 2. The molecule has 4 aromatic carbocycles. The maximum atomic E-state index is 14.5. The third-order valence-electron chi connectivity index (χ3n) is 15.2. The number of aliphatic hydroxyl groups excluding tert-OH is 2. The van der Waals surface area contributed by atoms with Crippen LogP contribution in [0.25, 0.3) is 21.9 Å². The van der Waals surface area contributed by atoms with Crippen molar-refractivity contribution in [3.05, 3.63) is 153 Å². The van der Waals surface area contributed by atoms with E-state index < -0.39 is 201 Å². The molecule has 4 aromatic heterocycles. The highest BCUT2D eigenvalue weighted by atomic mass is 32.2. The first-order chi connectivity index (χ1) is 56.1. The van der Waals surface area contributed by atoms with Crippen LogP contribution in [0.1, 0.15) is 108 Å². The monoisotopic (exact) mass is 1420 g/mol. The zero-order valence-electron chi connectivity index (χ0n) is 76.9. The standard InChI is InChI=1S/2C34H41N3O9S2/c2*1-21(2)16-37(48(40,41)27-8-9-31-24(15-27)10-12-42-31)17-30(38)29(36-34(39)46-32-19-45-33-28(32)11-13-43-33)14-23-4-6-26(7-5-23)44-18-25-20-47-22(3)35-25/h2*4-10,12,15,20-21,28-30,32-33,38H,11,13-14,16-19H2,1-3H3,(H,36,39)/t2*28-,29-,30+,32-,33+/m00/s1/i1D3,2D3,16D2,18D2,19D2,21D,32D;1D3,2D3,18D2,19D2,21D,32D. The van der Waals surface area contributed by atoms with Crippen LogP contribution in [0, 0.1) is 37.5 Å². The quantitative estimate of drug-likeness (QED) is 0.0354. The Balaban J connectivity index is 0.000000238. The SMILES string of the molecule is [2H]C([2H])(Oc1ccc(C[C@H](NC(=O)O[C@]2([2H])[C@@H]3CCO[C@@H]3OC2([2H])[2H])[C@H](O)CN(C([2H])([2H])C([2H])(C([2H])([2H])[2H])C([2H])([2H])[2H])S(=O)(=O)c2ccc3occc3c2)cc1)c1csc(C)n1.[2H]C([2H])(Oc1ccc(C[C@H](NC(=O)O[C@]2([2H])[C@@H]3CCO[C@@H]3OC2([2H])[2H])[C@H](O)CN(CC([2H])(C([2H])([2H])[2H])C([2H])([2H])[2H])S(=O)(=O)c2ccc3occc3c2)cc1)c1csc(C)n1. The highest BCUT2D eigenvalue weighted by Crippen LogP contribution is 2.35. The molecule has 10 atom stereocenters. The molecule has 4 N–H and O–H groups in total. The number of thiazole rings is 2. The number of nitrogens with one attached hydrogen (secondary N) is 2. The number of amides is 2. The van der Waals surface area contributed by atoms with Gasteiger partial charge in [-0.05, 0) is 135 Å². The van der Waals surface area contributed by atoms with E-state index in [2.05, 4.69) is 20.6 Å². The van der Waals surface area contributed by atoms with E-state index in [1.54, 1.807) is 13.8 Å². The Kier molecular flexibility index (Phi) is 14.5. The molecule has 24 nitrogen and oxygen atoms in total. The number of fused-ring (bicyclic) bond motifs is 4. The highest BCUT2D eigenvalue weighted by Gasteiger charge is 2.46. The lowest BCUT2D eigenvalue weighted by atomic mass is 10.0. The predicted octanol–water partition coefficient (Wildman–Crippen LogP) is 9.77. The molecule has 2 amide bonds. The number of hydrogen-bond donors (Lipinski definition) is 4. The van der Waals surface area contributed by atoms with E-state index in [1.165, 1.54) is 125 Å². The van der Waals surface area contributed by atoms with Crippen molar-refractivity contribution < 1.29 is 119 Å². The van der Waals surface area contributed by atoms with Gasteiger partial charge in [-0.2, -0.15) is 8.61 Å². The van der Waals surface area contributed by atoms with Crippen LogP contribution in [-0.2, 0) is 74.4 Å². The molecule has 0 spiro atoms. The number of ether oxygens (including phenoxy) is 8. The summed E-state index contributed by atoms with van der Waals surface area (Å²) < 4.78 is 326. The van der Waals surface area contributed by atoms with Crippen LogP contribution in [0.4, 0.5) is 9.59 Å². The molecule has 4 fully saturated rings. The molecule has 28 heteroatoms. The number of hydrogen-bond acceptors (Lipinski definition) is 22. The molecule has 0 saturated carbocycles. The maximum absolute atomic E-state index is 14.5. The molecule has 4 saturated heterocycles. The van der Waals surface area contributed by atoms with E-state index in [4.69, 9.17) is 82.4 Å². The van der Waals surface area contributed by atoms with E-state index in [0.717, 1.165) is 18.2 Å². The van der Waals surface area contributed by atoms with Gasteiger partial charge < -0.3 is 67.6 Å². The number of aryl methyl sites for hydroxylation is 2. The van der Waals surface area contributed by atoms with Gasteiger partial charge in [-0.3, -0.25) is 0 Å². The predicted molar refractivity (Wildman–Crippen MR) is 356 cm³/mol. The Bertz CT molecular complexity index is 5280. The Hall–Kier alpha value is -7.06. The fourth-order valence-electron chi connectivity index (χ4n) is 10.4. The van der Waals surface area contributed by atoms with Crippen molar-refractivity contribution in [2.45, 2.75) is 139 Å². The first kappa shape index (κ1) is 44.1. The average molecular weight is 1430 g/mol. The molecule has 12 rings (SSSR count). The zero-order chi connectivity index (χ0) is 90.3. The van der Waals surface area contributed by atoms with Crippen molar-refractivity contribution >= 4 is 76.8 Å². The van der Waals surface area contributed by atoms with Gasteiger partial charge in [0.15, 0.2) is 12.6 Å². The summed E-state index contributed by atoms with van der Waals surface area (Å²) in [6.07, 6.45) is -13.4. The molecule has 516 valence electrons. The number of sulfonamides is 2. The molecule has 8 heterocycles. The van der Waals surface area contributed by atoms with Gasteiger partial charge in [0.25, 0.3) is 0 Å². The van der Waals surface area contributed by atoms with Crippen LogP contribution in [0.2, 0.25) is 0 Å². The second-order valence-corrected chi connectivity index (χ2v) is 27.9. The first-order valence-corrected chi connectivity index (χ1v) is 34.1. The summed E-state index contributed by atoms with van der Waals surface area (Å²) in [5, 5.41) is 33.1. The molecule has 96 heavy (non-hydrogen) atoms. The second kappa shape index (κ2) is 31.6. The number of alkyl carbamates (subject to hydrolysis) is 2. The van der Waals surface area contributed by atoms with Gasteiger partial charge in [-0.25, -0.2) is 36.4 Å². The van der Waals surface area contributed by atoms with Gasteiger partial charge in [0, 0.05) is 69.6 Å². The van der Waals surface area contributed by atoms with Gasteiger partial charge in [-0.1, -0.05) is 51.7 Å². The summed E-state index contributed by atoms with van der Waals surface area (Å²) in [6.45, 7) is -30.4. The third-order valence-corrected chi connectivity index (χ3v) is 20.2. The Labute approximate surface area is 602 Å². The van der Waals surface area contributed by atoms with Crippen LogP contribution < -0.4 is 20.1 Å². The molecular weight excluding hydrogens is 1320 g/mol. The van der Waals surface area contributed by atoms with Gasteiger partial charge in [-0.15, -0.1) is 22.7 Å². The van der Waals surface area contributed by atoms with E-state index in [9.17, 15) is 36.6 Å². The molecule has 4 aliphatic rings. The summed E-state index contributed by atoms with van der Waals surface area (Å²) >= 11 is 2.43. The summed E-state index contributed by atoms with van der Waals surface area (Å²) in [6, 6.07) is 17.1.